The van der Waals surface area contributed by atoms with Gasteiger partial charge in [-0.15, -0.1) is 5.10 Å². The standard InChI is InChI=1S/C19H20N4O3/c1-13-11-15(10-6-9-14-7-4-3-5-8-14)26-19(25)17(13)18(24)20-16-12-23(2)22-21-16/h3-5,7-8,11-12H,6,9-10H2,1-2H3,(H,20,24). The van der Waals surface area contributed by atoms with Crippen molar-refractivity contribution in [3.63, 3.8) is 0 Å². The lowest BCUT2D eigenvalue weighted by Gasteiger charge is -2.07. The predicted octanol–water partition coefficient (Wildman–Crippen LogP) is 2.50. The van der Waals surface area contributed by atoms with E-state index in [0.29, 0.717) is 17.7 Å². The zero-order valence-corrected chi connectivity index (χ0v) is 14.7. The van der Waals surface area contributed by atoms with Crippen LogP contribution in [0.15, 0.2) is 51.8 Å². The summed E-state index contributed by atoms with van der Waals surface area (Å²) in [5.41, 5.74) is 1.17. The lowest BCUT2D eigenvalue weighted by atomic mass is 10.1. The molecule has 1 aromatic carbocycles. The van der Waals surface area contributed by atoms with Gasteiger partial charge in [-0.2, -0.15) is 0 Å². The second-order valence-corrected chi connectivity index (χ2v) is 6.13. The van der Waals surface area contributed by atoms with Gasteiger partial charge in [0.1, 0.15) is 11.3 Å². The molecule has 0 unspecified atom stereocenters. The van der Waals surface area contributed by atoms with Crippen molar-refractivity contribution in [2.75, 3.05) is 5.32 Å². The molecule has 7 nitrogen and oxygen atoms in total. The molecule has 1 amide bonds. The lowest BCUT2D eigenvalue weighted by Crippen LogP contribution is -2.23. The smallest absolute Gasteiger partial charge is 0.349 e. The first-order valence-corrected chi connectivity index (χ1v) is 8.38. The van der Waals surface area contributed by atoms with Gasteiger partial charge in [0.25, 0.3) is 5.91 Å². The summed E-state index contributed by atoms with van der Waals surface area (Å²) in [4.78, 5) is 24.6. The molecule has 0 saturated heterocycles. The van der Waals surface area contributed by atoms with Crippen LogP contribution in [-0.4, -0.2) is 20.9 Å². The van der Waals surface area contributed by atoms with Crippen LogP contribution in [0.25, 0.3) is 0 Å². The summed E-state index contributed by atoms with van der Waals surface area (Å²) in [6.45, 7) is 1.73. The maximum Gasteiger partial charge on any atom is 0.349 e. The number of rotatable bonds is 6. The fourth-order valence-corrected chi connectivity index (χ4v) is 2.76. The van der Waals surface area contributed by atoms with Gasteiger partial charge in [-0.05, 0) is 37.0 Å². The number of hydrogen-bond acceptors (Lipinski definition) is 5. The Labute approximate surface area is 150 Å². The van der Waals surface area contributed by atoms with Crippen LogP contribution in [0, 0.1) is 6.92 Å². The molecule has 2 heterocycles. The van der Waals surface area contributed by atoms with E-state index in [0.717, 1.165) is 12.8 Å². The molecule has 0 spiro atoms. The fraction of sp³-hybridized carbons (Fsp3) is 0.263. The van der Waals surface area contributed by atoms with Crippen LogP contribution in [0.4, 0.5) is 5.82 Å². The second kappa shape index (κ2) is 7.77. The van der Waals surface area contributed by atoms with Gasteiger partial charge in [-0.3, -0.25) is 9.48 Å². The number of aryl methyl sites for hydroxylation is 4. The van der Waals surface area contributed by atoms with E-state index in [2.05, 4.69) is 27.8 Å². The molecule has 3 aromatic rings. The first-order chi connectivity index (χ1) is 12.5. The molecular weight excluding hydrogens is 332 g/mol. The molecule has 3 rings (SSSR count). The first kappa shape index (κ1) is 17.6. The van der Waals surface area contributed by atoms with E-state index < -0.39 is 11.5 Å². The Morgan fingerprint density at radius 2 is 2.00 bits per heavy atom. The van der Waals surface area contributed by atoms with Crippen LogP contribution in [0.5, 0.6) is 0 Å². The van der Waals surface area contributed by atoms with Gasteiger partial charge in [-0.1, -0.05) is 35.5 Å². The summed E-state index contributed by atoms with van der Waals surface area (Å²) >= 11 is 0. The first-order valence-electron chi connectivity index (χ1n) is 8.38. The highest BCUT2D eigenvalue weighted by Gasteiger charge is 2.18. The van der Waals surface area contributed by atoms with Crippen molar-refractivity contribution < 1.29 is 9.21 Å². The fourth-order valence-electron chi connectivity index (χ4n) is 2.76. The molecule has 0 aliphatic carbocycles. The molecule has 7 heteroatoms. The molecular formula is C19H20N4O3. The SMILES string of the molecule is Cc1cc(CCCc2ccccc2)oc(=O)c1C(=O)Nc1cn(C)nn1. The maximum atomic E-state index is 12.3. The third-order valence-corrected chi connectivity index (χ3v) is 4.00. The van der Waals surface area contributed by atoms with Crippen molar-refractivity contribution in [2.45, 2.75) is 26.2 Å². The van der Waals surface area contributed by atoms with Gasteiger partial charge in [0.15, 0.2) is 5.82 Å². The van der Waals surface area contributed by atoms with E-state index in [9.17, 15) is 9.59 Å². The zero-order chi connectivity index (χ0) is 18.5. The van der Waals surface area contributed by atoms with Gasteiger partial charge in [0.2, 0.25) is 0 Å². The molecule has 0 saturated carbocycles. The molecule has 26 heavy (non-hydrogen) atoms. The molecule has 2 aromatic heterocycles. The van der Waals surface area contributed by atoms with E-state index in [4.69, 9.17) is 4.42 Å². The number of benzene rings is 1. The summed E-state index contributed by atoms with van der Waals surface area (Å²) in [6, 6.07) is 11.9. The summed E-state index contributed by atoms with van der Waals surface area (Å²) in [6.07, 6.45) is 3.94. The largest absolute Gasteiger partial charge is 0.427 e. The van der Waals surface area contributed by atoms with E-state index in [1.54, 1.807) is 26.2 Å². The van der Waals surface area contributed by atoms with Crippen LogP contribution in [0.1, 0.15) is 33.7 Å². The van der Waals surface area contributed by atoms with Crippen molar-refractivity contribution in [3.05, 3.63) is 75.5 Å². The Morgan fingerprint density at radius 3 is 2.65 bits per heavy atom. The van der Waals surface area contributed by atoms with Crippen LogP contribution in [0.2, 0.25) is 0 Å². The molecule has 0 bridgehead atoms. The summed E-state index contributed by atoms with van der Waals surface area (Å²) in [7, 11) is 1.69. The van der Waals surface area contributed by atoms with E-state index >= 15 is 0 Å². The zero-order valence-electron chi connectivity index (χ0n) is 14.7. The van der Waals surface area contributed by atoms with Gasteiger partial charge in [0.05, 0.1) is 6.20 Å². The minimum absolute atomic E-state index is 0.0116. The Balaban J connectivity index is 1.67. The predicted molar refractivity (Wildman–Crippen MR) is 97.1 cm³/mol. The number of carbonyl (C=O) groups excluding carboxylic acids is 1. The monoisotopic (exact) mass is 352 g/mol. The van der Waals surface area contributed by atoms with Crippen molar-refractivity contribution in [2.24, 2.45) is 7.05 Å². The number of nitrogens with zero attached hydrogens (tertiary/aromatic N) is 3. The quantitative estimate of drug-likeness (QED) is 0.736. The Morgan fingerprint density at radius 1 is 1.23 bits per heavy atom. The van der Waals surface area contributed by atoms with Gasteiger partial charge >= 0.3 is 5.63 Å². The maximum absolute atomic E-state index is 12.3. The molecule has 1 N–H and O–H groups in total. The lowest BCUT2D eigenvalue weighted by molar-refractivity contribution is 0.102. The second-order valence-electron chi connectivity index (χ2n) is 6.13. The highest BCUT2D eigenvalue weighted by atomic mass is 16.4. The number of hydrogen-bond donors (Lipinski definition) is 1. The molecule has 0 radical (unpaired) electrons. The molecule has 0 fully saturated rings. The van der Waals surface area contributed by atoms with Gasteiger partial charge in [0, 0.05) is 13.5 Å². The molecule has 0 aliphatic rings. The van der Waals surface area contributed by atoms with Crippen LogP contribution >= 0.6 is 0 Å². The minimum atomic E-state index is -0.638. The van der Waals surface area contributed by atoms with E-state index in [-0.39, 0.29) is 11.4 Å². The normalized spacial score (nSPS) is 10.7. The summed E-state index contributed by atoms with van der Waals surface area (Å²) in [5, 5.41) is 10.1. The number of anilines is 1. The van der Waals surface area contributed by atoms with Crippen LogP contribution in [-0.2, 0) is 19.9 Å². The average Bonchev–Trinajstić information content (AvgIpc) is 3.00. The van der Waals surface area contributed by atoms with E-state index in [1.807, 2.05) is 18.2 Å². The molecule has 134 valence electrons. The number of nitrogens with one attached hydrogen (secondary N) is 1. The molecule has 0 atom stereocenters. The third kappa shape index (κ3) is 4.24. The van der Waals surface area contributed by atoms with Gasteiger partial charge in [-0.25, -0.2) is 4.79 Å². The van der Waals surface area contributed by atoms with Crippen LogP contribution in [0.3, 0.4) is 0 Å². The van der Waals surface area contributed by atoms with Crippen molar-refractivity contribution in [1.82, 2.24) is 15.0 Å². The van der Waals surface area contributed by atoms with Crippen molar-refractivity contribution in [1.29, 1.82) is 0 Å². The number of carbonyl (C=O) groups is 1. The number of aromatic nitrogens is 3. The molecule has 0 aliphatic heterocycles. The highest BCUT2D eigenvalue weighted by Crippen LogP contribution is 2.12. The summed E-state index contributed by atoms with van der Waals surface area (Å²) < 4.78 is 6.79. The topological polar surface area (TPSA) is 90.0 Å². The Kier molecular flexibility index (Phi) is 5.26. The summed E-state index contributed by atoms with van der Waals surface area (Å²) in [5.74, 6) is 0.315. The highest BCUT2D eigenvalue weighted by molar-refractivity contribution is 6.04. The Bertz CT molecular complexity index is 960. The third-order valence-electron chi connectivity index (χ3n) is 4.00. The van der Waals surface area contributed by atoms with E-state index in [1.165, 1.54) is 10.2 Å². The minimum Gasteiger partial charge on any atom is -0.427 e. The van der Waals surface area contributed by atoms with Gasteiger partial charge < -0.3 is 9.73 Å². The van der Waals surface area contributed by atoms with Crippen molar-refractivity contribution in [3.8, 4) is 0 Å². The number of amides is 1. The van der Waals surface area contributed by atoms with Crippen LogP contribution < -0.4 is 10.9 Å². The Hall–Kier alpha value is -3.22. The van der Waals surface area contributed by atoms with Crippen molar-refractivity contribution >= 4 is 11.7 Å². The average molecular weight is 352 g/mol.